The van der Waals surface area contributed by atoms with Crippen LogP contribution in [0, 0.1) is 10.1 Å². The predicted octanol–water partition coefficient (Wildman–Crippen LogP) is 3.31. The average Bonchev–Trinajstić information content (AvgIpc) is 3.41. The fourth-order valence-electron chi connectivity index (χ4n) is 2.81. The molecule has 0 bridgehead atoms. The molecule has 0 saturated heterocycles. The first kappa shape index (κ1) is 21.5. The van der Waals surface area contributed by atoms with E-state index < -0.39 is 16.7 Å². The summed E-state index contributed by atoms with van der Waals surface area (Å²) in [7, 11) is 1.87. The molecule has 12 heteroatoms. The number of nitro benzene ring substituents is 1. The van der Waals surface area contributed by atoms with Crippen LogP contribution in [0.1, 0.15) is 25.6 Å². The van der Waals surface area contributed by atoms with Gasteiger partial charge >= 0.3 is 0 Å². The predicted molar refractivity (Wildman–Crippen MR) is 120 cm³/mol. The summed E-state index contributed by atoms with van der Waals surface area (Å²) in [5.74, 6) is -0.281. The molecule has 0 radical (unpaired) electrons. The number of carbonyl (C=O) groups is 2. The molecule has 0 atom stereocenters. The van der Waals surface area contributed by atoms with Gasteiger partial charge in [-0.2, -0.15) is 0 Å². The summed E-state index contributed by atoms with van der Waals surface area (Å²) in [5, 5.41) is 20.1. The number of hydrogen-bond donors (Lipinski definition) is 2. The van der Waals surface area contributed by atoms with Crippen LogP contribution in [0.15, 0.2) is 60.0 Å². The fourth-order valence-corrected chi connectivity index (χ4v) is 4.59. The van der Waals surface area contributed by atoms with Crippen molar-refractivity contribution in [3.05, 3.63) is 81.0 Å². The molecule has 0 spiro atoms. The van der Waals surface area contributed by atoms with Gasteiger partial charge in [0.2, 0.25) is 0 Å². The van der Waals surface area contributed by atoms with E-state index in [0.29, 0.717) is 21.6 Å². The Morgan fingerprint density at radius 1 is 1.12 bits per heavy atom. The summed E-state index contributed by atoms with van der Waals surface area (Å²) >= 11 is 2.71. The van der Waals surface area contributed by atoms with Crippen LogP contribution in [-0.4, -0.2) is 31.5 Å². The van der Waals surface area contributed by atoms with Gasteiger partial charge in [-0.25, -0.2) is 0 Å². The van der Waals surface area contributed by atoms with Crippen LogP contribution in [0.4, 0.5) is 5.69 Å². The first-order valence-electron chi connectivity index (χ1n) is 9.25. The van der Waals surface area contributed by atoms with Gasteiger partial charge in [-0.1, -0.05) is 23.9 Å². The summed E-state index contributed by atoms with van der Waals surface area (Å²) < 4.78 is 2.56. The van der Waals surface area contributed by atoms with Crippen molar-refractivity contribution in [2.24, 2.45) is 7.05 Å². The van der Waals surface area contributed by atoms with Crippen molar-refractivity contribution in [1.29, 1.82) is 0 Å². The normalized spacial score (nSPS) is 10.8. The number of aromatic nitrogens is 3. The number of nitrogens with zero attached hydrogens (tertiary/aromatic N) is 4. The number of hydrazine groups is 1. The molecule has 2 N–H and O–H groups in total. The van der Waals surface area contributed by atoms with Crippen LogP contribution >= 0.6 is 23.1 Å². The van der Waals surface area contributed by atoms with Crippen LogP contribution in [-0.2, 0) is 12.8 Å². The molecule has 0 saturated carbocycles. The van der Waals surface area contributed by atoms with Crippen molar-refractivity contribution in [1.82, 2.24) is 25.6 Å². The Hall–Kier alpha value is -3.77. The molecule has 2 aromatic heterocycles. The van der Waals surface area contributed by atoms with Crippen molar-refractivity contribution in [2.75, 3.05) is 0 Å². The lowest BCUT2D eigenvalue weighted by Gasteiger charge is -2.07. The zero-order valence-corrected chi connectivity index (χ0v) is 18.3. The average molecular weight is 469 g/mol. The van der Waals surface area contributed by atoms with E-state index in [1.54, 1.807) is 30.6 Å². The Kier molecular flexibility index (Phi) is 6.14. The molecule has 32 heavy (non-hydrogen) atoms. The number of thioether (sulfide) groups is 1. The highest BCUT2D eigenvalue weighted by atomic mass is 32.2. The molecule has 0 aliphatic rings. The molecule has 0 unspecified atom stereocenters. The monoisotopic (exact) mass is 468 g/mol. The highest BCUT2D eigenvalue weighted by molar-refractivity contribution is 7.98. The number of non-ortho nitro benzene ring substituents is 1. The second kappa shape index (κ2) is 9.16. The van der Waals surface area contributed by atoms with Gasteiger partial charge in [-0.05, 0) is 29.8 Å². The van der Waals surface area contributed by atoms with Gasteiger partial charge in [0.05, 0.1) is 9.80 Å². The van der Waals surface area contributed by atoms with Crippen LogP contribution in [0.5, 0.6) is 0 Å². The first-order chi connectivity index (χ1) is 15.4. The van der Waals surface area contributed by atoms with E-state index in [9.17, 15) is 19.7 Å². The second-order valence-corrected chi connectivity index (χ2v) is 8.73. The number of thiophene rings is 1. The summed E-state index contributed by atoms with van der Waals surface area (Å²) in [4.78, 5) is 35.5. The standard InChI is InChI=1S/C20H16N6O4S2/c1-25-11-21-24-20(25)31-10-12-2-4-13(5-3-12)18(27)22-23-19(28)17-9-14-8-15(26(29)30)6-7-16(14)32-17/h2-9,11H,10H2,1H3,(H,22,27)(H,23,28). The van der Waals surface area contributed by atoms with E-state index in [2.05, 4.69) is 21.0 Å². The van der Waals surface area contributed by atoms with Gasteiger partial charge in [0, 0.05) is 40.6 Å². The third kappa shape index (κ3) is 4.76. The number of rotatable bonds is 6. The molecule has 0 aliphatic carbocycles. The molecule has 2 amide bonds. The molecule has 4 rings (SSSR count). The number of fused-ring (bicyclic) bond motifs is 1. The lowest BCUT2D eigenvalue weighted by atomic mass is 10.1. The van der Waals surface area contributed by atoms with Crippen LogP contribution in [0.3, 0.4) is 0 Å². The van der Waals surface area contributed by atoms with E-state index >= 15 is 0 Å². The first-order valence-corrected chi connectivity index (χ1v) is 11.1. The van der Waals surface area contributed by atoms with Crippen molar-refractivity contribution in [3.63, 3.8) is 0 Å². The molecule has 0 aliphatic heterocycles. The molecule has 0 fully saturated rings. The van der Waals surface area contributed by atoms with E-state index in [1.165, 1.54) is 35.2 Å². The smallest absolute Gasteiger partial charge is 0.279 e. The Morgan fingerprint density at radius 2 is 1.88 bits per heavy atom. The number of benzene rings is 2. The van der Waals surface area contributed by atoms with Crippen LogP contribution in [0.25, 0.3) is 10.1 Å². The van der Waals surface area contributed by atoms with Crippen molar-refractivity contribution < 1.29 is 14.5 Å². The number of nitro groups is 1. The maximum Gasteiger partial charge on any atom is 0.279 e. The third-order valence-corrected chi connectivity index (χ3v) is 6.70. The number of carbonyl (C=O) groups excluding carboxylic acids is 2. The van der Waals surface area contributed by atoms with Gasteiger partial charge in [-0.3, -0.25) is 30.6 Å². The largest absolute Gasteiger partial charge is 0.312 e. The van der Waals surface area contributed by atoms with E-state index in [-0.39, 0.29) is 5.69 Å². The number of aryl methyl sites for hydroxylation is 1. The Balaban J connectivity index is 1.33. The maximum absolute atomic E-state index is 12.4. The van der Waals surface area contributed by atoms with E-state index in [4.69, 9.17) is 0 Å². The zero-order valence-electron chi connectivity index (χ0n) is 16.6. The Labute approximate surface area is 189 Å². The van der Waals surface area contributed by atoms with Crippen molar-refractivity contribution in [3.8, 4) is 0 Å². The number of amides is 2. The number of hydrogen-bond acceptors (Lipinski definition) is 8. The topological polar surface area (TPSA) is 132 Å². The Morgan fingerprint density at radius 3 is 2.56 bits per heavy atom. The molecular formula is C20H16N6O4S2. The summed E-state index contributed by atoms with van der Waals surface area (Å²) in [6.07, 6.45) is 1.63. The molecule has 2 heterocycles. The lowest BCUT2D eigenvalue weighted by molar-refractivity contribution is -0.384. The molecule has 162 valence electrons. The highest BCUT2D eigenvalue weighted by Gasteiger charge is 2.14. The Bertz CT molecular complexity index is 1320. The van der Waals surface area contributed by atoms with Crippen LogP contribution in [0.2, 0.25) is 0 Å². The van der Waals surface area contributed by atoms with Gasteiger partial charge in [0.15, 0.2) is 5.16 Å². The summed E-state index contributed by atoms with van der Waals surface area (Å²) in [6, 6.07) is 13.0. The van der Waals surface area contributed by atoms with Crippen molar-refractivity contribution in [2.45, 2.75) is 10.9 Å². The van der Waals surface area contributed by atoms with Gasteiger partial charge in [0.1, 0.15) is 6.33 Å². The second-order valence-electron chi connectivity index (χ2n) is 6.71. The zero-order chi connectivity index (χ0) is 22.7. The highest BCUT2D eigenvalue weighted by Crippen LogP contribution is 2.28. The summed E-state index contributed by atoms with van der Waals surface area (Å²) in [6.45, 7) is 0. The van der Waals surface area contributed by atoms with Gasteiger partial charge in [-0.15, -0.1) is 21.5 Å². The number of nitrogens with one attached hydrogen (secondary N) is 2. The molecule has 2 aromatic carbocycles. The third-order valence-electron chi connectivity index (χ3n) is 4.48. The lowest BCUT2D eigenvalue weighted by Crippen LogP contribution is -2.41. The minimum absolute atomic E-state index is 0.0472. The van der Waals surface area contributed by atoms with Gasteiger partial charge < -0.3 is 4.57 Å². The van der Waals surface area contributed by atoms with Crippen LogP contribution < -0.4 is 10.9 Å². The summed E-state index contributed by atoms with van der Waals surface area (Å²) in [5.41, 5.74) is 6.12. The van der Waals surface area contributed by atoms with E-state index in [1.807, 2.05) is 23.7 Å². The molecule has 10 nitrogen and oxygen atoms in total. The SMILES string of the molecule is Cn1cnnc1SCc1ccc(C(=O)NNC(=O)c2cc3cc([N+](=O)[O-])ccc3s2)cc1. The van der Waals surface area contributed by atoms with Gasteiger partial charge in [0.25, 0.3) is 17.5 Å². The van der Waals surface area contributed by atoms with E-state index in [0.717, 1.165) is 15.4 Å². The molecule has 4 aromatic rings. The minimum Gasteiger partial charge on any atom is -0.312 e. The quantitative estimate of drug-likeness (QED) is 0.252. The fraction of sp³-hybridized carbons (Fsp3) is 0.100. The van der Waals surface area contributed by atoms with Crippen molar-refractivity contribution >= 4 is 50.7 Å². The molecular weight excluding hydrogens is 452 g/mol. The minimum atomic E-state index is -0.501. The maximum atomic E-state index is 12.4.